The molecule has 24 heavy (non-hydrogen) atoms. The maximum Gasteiger partial charge on any atom is 0.293 e. The van der Waals surface area contributed by atoms with Crippen LogP contribution >= 0.6 is 0 Å². The average molecular weight is 323 g/mol. The zero-order chi connectivity index (χ0) is 16.8. The van der Waals surface area contributed by atoms with Crippen LogP contribution in [0.25, 0.3) is 0 Å². The van der Waals surface area contributed by atoms with Crippen molar-refractivity contribution in [2.75, 3.05) is 26.2 Å². The second-order valence-corrected chi connectivity index (χ2v) is 6.01. The standard InChI is InChI=1S/C19H21N3O2/c20-14-16-5-7-17(8-6-16)15-22-11-3-4-18(19(22)23)24-13-12-21-9-1-2-10-21/h3-8,11H,1-2,9-10,12-13,15H2. The van der Waals surface area contributed by atoms with Gasteiger partial charge in [-0.1, -0.05) is 12.1 Å². The van der Waals surface area contributed by atoms with E-state index in [-0.39, 0.29) is 5.56 Å². The maximum atomic E-state index is 12.5. The van der Waals surface area contributed by atoms with Crippen molar-refractivity contribution >= 4 is 0 Å². The molecule has 1 aliphatic heterocycles. The lowest BCUT2D eigenvalue weighted by Crippen LogP contribution is -2.27. The van der Waals surface area contributed by atoms with Crippen molar-refractivity contribution in [2.45, 2.75) is 19.4 Å². The summed E-state index contributed by atoms with van der Waals surface area (Å²) in [5, 5.41) is 8.83. The molecular weight excluding hydrogens is 302 g/mol. The third-order valence-corrected chi connectivity index (χ3v) is 4.28. The van der Waals surface area contributed by atoms with E-state index in [9.17, 15) is 4.79 Å². The molecule has 5 heteroatoms. The van der Waals surface area contributed by atoms with Gasteiger partial charge < -0.3 is 9.30 Å². The Labute approximate surface area is 141 Å². The summed E-state index contributed by atoms with van der Waals surface area (Å²) >= 11 is 0. The molecule has 0 unspecified atom stereocenters. The minimum atomic E-state index is -0.122. The van der Waals surface area contributed by atoms with Crippen LogP contribution in [-0.4, -0.2) is 35.7 Å². The minimum Gasteiger partial charge on any atom is -0.487 e. The number of rotatable bonds is 6. The molecule has 5 nitrogen and oxygen atoms in total. The van der Waals surface area contributed by atoms with Gasteiger partial charge in [-0.3, -0.25) is 9.69 Å². The largest absolute Gasteiger partial charge is 0.487 e. The number of nitrogens with zero attached hydrogens (tertiary/aromatic N) is 3. The van der Waals surface area contributed by atoms with Gasteiger partial charge in [0.25, 0.3) is 5.56 Å². The Morgan fingerprint density at radius 2 is 1.88 bits per heavy atom. The van der Waals surface area contributed by atoms with Crippen molar-refractivity contribution in [3.8, 4) is 11.8 Å². The zero-order valence-electron chi connectivity index (χ0n) is 13.6. The number of hydrogen-bond donors (Lipinski definition) is 0. The minimum absolute atomic E-state index is 0.122. The van der Waals surface area contributed by atoms with Gasteiger partial charge in [0, 0.05) is 12.7 Å². The topological polar surface area (TPSA) is 58.3 Å². The lowest BCUT2D eigenvalue weighted by molar-refractivity contribution is 0.235. The maximum absolute atomic E-state index is 12.5. The van der Waals surface area contributed by atoms with E-state index in [1.54, 1.807) is 29.0 Å². The molecule has 0 radical (unpaired) electrons. The molecule has 1 aromatic heterocycles. The van der Waals surface area contributed by atoms with Crippen LogP contribution in [0.1, 0.15) is 24.0 Å². The molecule has 2 heterocycles. The number of likely N-dealkylation sites (tertiary alicyclic amines) is 1. The number of pyridine rings is 1. The van der Waals surface area contributed by atoms with E-state index < -0.39 is 0 Å². The highest BCUT2D eigenvalue weighted by Crippen LogP contribution is 2.09. The van der Waals surface area contributed by atoms with E-state index >= 15 is 0 Å². The second-order valence-electron chi connectivity index (χ2n) is 6.01. The number of hydrogen-bond acceptors (Lipinski definition) is 4. The zero-order valence-corrected chi connectivity index (χ0v) is 13.6. The van der Waals surface area contributed by atoms with Crippen molar-refractivity contribution in [3.63, 3.8) is 0 Å². The summed E-state index contributed by atoms with van der Waals surface area (Å²) in [7, 11) is 0. The summed E-state index contributed by atoms with van der Waals surface area (Å²) in [4.78, 5) is 14.9. The van der Waals surface area contributed by atoms with Crippen LogP contribution in [0.5, 0.6) is 5.75 Å². The molecule has 1 aliphatic rings. The molecule has 1 fully saturated rings. The van der Waals surface area contributed by atoms with Gasteiger partial charge >= 0.3 is 0 Å². The van der Waals surface area contributed by atoms with Crippen LogP contribution in [0.2, 0.25) is 0 Å². The molecule has 0 spiro atoms. The second kappa shape index (κ2) is 7.80. The Morgan fingerprint density at radius 3 is 2.58 bits per heavy atom. The first-order valence-corrected chi connectivity index (χ1v) is 8.30. The van der Waals surface area contributed by atoms with Crippen molar-refractivity contribution in [3.05, 3.63) is 64.1 Å². The van der Waals surface area contributed by atoms with Gasteiger partial charge in [-0.2, -0.15) is 5.26 Å². The first-order valence-electron chi connectivity index (χ1n) is 8.30. The number of benzene rings is 1. The summed E-state index contributed by atoms with van der Waals surface area (Å²) in [6.45, 7) is 4.12. The molecule has 0 bridgehead atoms. The van der Waals surface area contributed by atoms with Crippen molar-refractivity contribution in [1.29, 1.82) is 5.26 Å². The lowest BCUT2D eigenvalue weighted by Gasteiger charge is -2.15. The molecule has 1 aromatic carbocycles. The number of aromatic nitrogens is 1. The normalized spacial score (nSPS) is 14.5. The van der Waals surface area contributed by atoms with Crippen LogP contribution in [0.3, 0.4) is 0 Å². The Morgan fingerprint density at radius 1 is 1.12 bits per heavy atom. The highest BCUT2D eigenvalue weighted by Gasteiger charge is 2.11. The summed E-state index contributed by atoms with van der Waals surface area (Å²) in [5.41, 5.74) is 1.47. The fourth-order valence-electron chi connectivity index (χ4n) is 2.92. The van der Waals surface area contributed by atoms with Gasteiger partial charge in [-0.15, -0.1) is 0 Å². The molecule has 0 amide bonds. The lowest BCUT2D eigenvalue weighted by atomic mass is 10.1. The van der Waals surface area contributed by atoms with Gasteiger partial charge in [0.15, 0.2) is 5.75 Å². The molecule has 0 aliphatic carbocycles. The van der Waals surface area contributed by atoms with Gasteiger partial charge in [0.05, 0.1) is 18.2 Å². The summed E-state index contributed by atoms with van der Waals surface area (Å²) < 4.78 is 7.33. The first-order chi connectivity index (χ1) is 11.8. The fraction of sp³-hybridized carbons (Fsp3) is 0.368. The van der Waals surface area contributed by atoms with Gasteiger partial charge in [-0.25, -0.2) is 0 Å². The Hall–Kier alpha value is -2.58. The highest BCUT2D eigenvalue weighted by molar-refractivity contribution is 5.32. The quantitative estimate of drug-likeness (QED) is 0.818. The van der Waals surface area contributed by atoms with E-state index in [1.807, 2.05) is 18.2 Å². The molecule has 2 aromatic rings. The Balaban J connectivity index is 1.63. The Kier molecular flexibility index (Phi) is 5.29. The molecule has 3 rings (SSSR count). The van der Waals surface area contributed by atoms with Crippen molar-refractivity contribution < 1.29 is 4.74 Å². The van der Waals surface area contributed by atoms with Crippen LogP contribution < -0.4 is 10.3 Å². The molecular formula is C19H21N3O2. The van der Waals surface area contributed by atoms with Gasteiger partial charge in [0.1, 0.15) is 6.61 Å². The monoisotopic (exact) mass is 323 g/mol. The predicted molar refractivity (Wildman–Crippen MR) is 92.1 cm³/mol. The number of ether oxygens (including phenoxy) is 1. The smallest absolute Gasteiger partial charge is 0.293 e. The first kappa shape index (κ1) is 16.3. The van der Waals surface area contributed by atoms with E-state index in [2.05, 4.69) is 11.0 Å². The van der Waals surface area contributed by atoms with Crippen molar-refractivity contribution in [2.24, 2.45) is 0 Å². The molecule has 1 saturated heterocycles. The Bertz CT molecular complexity index is 768. The average Bonchev–Trinajstić information content (AvgIpc) is 3.12. The predicted octanol–water partition coefficient (Wildman–Crippen LogP) is 2.24. The third-order valence-electron chi connectivity index (χ3n) is 4.28. The van der Waals surface area contributed by atoms with E-state index in [1.165, 1.54) is 12.8 Å². The van der Waals surface area contributed by atoms with Crippen LogP contribution in [0, 0.1) is 11.3 Å². The summed E-state index contributed by atoms with van der Waals surface area (Å²) in [5.74, 6) is 0.394. The van der Waals surface area contributed by atoms with E-state index in [0.29, 0.717) is 24.5 Å². The van der Waals surface area contributed by atoms with Gasteiger partial charge in [-0.05, 0) is 55.8 Å². The fourth-order valence-corrected chi connectivity index (χ4v) is 2.92. The number of nitriles is 1. The summed E-state index contributed by atoms with van der Waals surface area (Å²) in [6.07, 6.45) is 4.26. The van der Waals surface area contributed by atoms with Crippen LogP contribution in [0.15, 0.2) is 47.4 Å². The SMILES string of the molecule is N#Cc1ccc(Cn2cccc(OCCN3CCCC3)c2=O)cc1. The summed E-state index contributed by atoms with van der Waals surface area (Å²) in [6, 6.07) is 12.9. The van der Waals surface area contributed by atoms with Gasteiger partial charge in [0.2, 0.25) is 0 Å². The highest BCUT2D eigenvalue weighted by atomic mass is 16.5. The van der Waals surface area contributed by atoms with Crippen LogP contribution in [-0.2, 0) is 6.54 Å². The molecule has 0 atom stereocenters. The molecule has 0 N–H and O–H groups in total. The molecule has 124 valence electrons. The third kappa shape index (κ3) is 4.03. The van der Waals surface area contributed by atoms with E-state index in [0.717, 1.165) is 25.2 Å². The van der Waals surface area contributed by atoms with E-state index in [4.69, 9.17) is 10.00 Å². The van der Waals surface area contributed by atoms with Crippen LogP contribution in [0.4, 0.5) is 0 Å². The van der Waals surface area contributed by atoms with Crippen molar-refractivity contribution in [1.82, 2.24) is 9.47 Å². The molecule has 0 saturated carbocycles.